The molecular formula is C16H25N4O. The summed E-state index contributed by atoms with van der Waals surface area (Å²) in [5.74, 6) is 0.800. The molecular weight excluding hydrogens is 264 g/mol. The molecule has 2 heterocycles. The lowest BCUT2D eigenvalue weighted by molar-refractivity contribution is 0.413. The normalized spacial score (nSPS) is 23.2. The number of benzene rings is 1. The van der Waals surface area contributed by atoms with Gasteiger partial charge in [-0.05, 0) is 18.9 Å². The van der Waals surface area contributed by atoms with E-state index in [0.717, 1.165) is 57.9 Å². The maximum absolute atomic E-state index is 6.15. The van der Waals surface area contributed by atoms with Crippen LogP contribution in [0.15, 0.2) is 12.1 Å². The minimum absolute atomic E-state index is 0.275. The van der Waals surface area contributed by atoms with E-state index in [-0.39, 0.29) is 6.04 Å². The van der Waals surface area contributed by atoms with E-state index >= 15 is 0 Å². The Bertz CT molecular complexity index is 473. The van der Waals surface area contributed by atoms with Crippen molar-refractivity contribution in [1.29, 1.82) is 0 Å². The molecule has 2 aliphatic rings. The summed E-state index contributed by atoms with van der Waals surface area (Å²) >= 11 is 0. The lowest BCUT2D eigenvalue weighted by Gasteiger charge is -2.38. The monoisotopic (exact) mass is 289 g/mol. The summed E-state index contributed by atoms with van der Waals surface area (Å²) in [6, 6.07) is 7.68. The highest BCUT2D eigenvalue weighted by Crippen LogP contribution is 2.34. The van der Waals surface area contributed by atoms with E-state index in [4.69, 9.17) is 10.5 Å². The number of rotatable bonds is 3. The number of anilines is 2. The van der Waals surface area contributed by atoms with Gasteiger partial charge in [-0.3, -0.25) is 0 Å². The first-order chi connectivity index (χ1) is 10.3. The largest absolute Gasteiger partial charge is 0.496 e. The first-order valence-corrected chi connectivity index (χ1v) is 7.84. The highest BCUT2D eigenvalue weighted by atomic mass is 16.5. The zero-order chi connectivity index (χ0) is 14.7. The molecule has 0 saturated carbocycles. The van der Waals surface area contributed by atoms with Gasteiger partial charge < -0.3 is 25.6 Å². The van der Waals surface area contributed by atoms with Gasteiger partial charge in [0.05, 0.1) is 18.5 Å². The molecule has 1 radical (unpaired) electrons. The number of nitrogens with one attached hydrogen (secondary N) is 1. The number of methoxy groups -OCH3 is 1. The molecule has 0 unspecified atom stereocenters. The Morgan fingerprint density at radius 2 is 2.05 bits per heavy atom. The van der Waals surface area contributed by atoms with Gasteiger partial charge in [0.1, 0.15) is 5.75 Å². The fourth-order valence-corrected chi connectivity index (χ4v) is 3.21. The molecule has 2 aliphatic heterocycles. The van der Waals surface area contributed by atoms with Gasteiger partial charge in [0, 0.05) is 57.4 Å². The molecule has 0 aliphatic carbocycles. The number of piperidine rings is 1. The average molecular weight is 289 g/mol. The van der Waals surface area contributed by atoms with Crippen LogP contribution in [0.4, 0.5) is 11.4 Å². The Balaban J connectivity index is 1.90. The van der Waals surface area contributed by atoms with Gasteiger partial charge in [-0.1, -0.05) is 0 Å². The van der Waals surface area contributed by atoms with Crippen LogP contribution in [0.5, 0.6) is 5.75 Å². The number of nitrogens with two attached hydrogens (primary N) is 1. The Labute approximate surface area is 127 Å². The number of piperazine rings is 1. The first kappa shape index (κ1) is 14.5. The van der Waals surface area contributed by atoms with Crippen molar-refractivity contribution in [3.8, 4) is 5.75 Å². The molecule has 2 saturated heterocycles. The quantitative estimate of drug-likeness (QED) is 0.863. The third kappa shape index (κ3) is 3.24. The predicted octanol–water partition coefficient (Wildman–Crippen LogP) is 0.832. The Hall–Kier alpha value is -1.46. The van der Waals surface area contributed by atoms with E-state index in [1.165, 1.54) is 11.4 Å². The van der Waals surface area contributed by atoms with Crippen LogP contribution in [-0.4, -0.2) is 52.4 Å². The zero-order valence-corrected chi connectivity index (χ0v) is 12.8. The lowest BCUT2D eigenvalue weighted by Crippen LogP contribution is -2.46. The van der Waals surface area contributed by atoms with E-state index in [0.29, 0.717) is 0 Å². The maximum atomic E-state index is 6.15. The number of hydrogen-bond acceptors (Lipinski definition) is 5. The second kappa shape index (κ2) is 6.54. The summed E-state index contributed by atoms with van der Waals surface area (Å²) in [5.41, 5.74) is 8.64. The van der Waals surface area contributed by atoms with Crippen molar-refractivity contribution in [3.05, 3.63) is 18.2 Å². The fourth-order valence-electron chi connectivity index (χ4n) is 3.21. The molecule has 0 spiro atoms. The zero-order valence-electron chi connectivity index (χ0n) is 12.8. The molecule has 1 aromatic rings. The summed E-state index contributed by atoms with van der Waals surface area (Å²) < 4.78 is 5.37. The van der Waals surface area contributed by atoms with Gasteiger partial charge >= 0.3 is 0 Å². The maximum Gasteiger partial charge on any atom is 0.129 e. The lowest BCUT2D eigenvalue weighted by atomic mass is 10.0. The number of ether oxygens (including phenoxy) is 1. The van der Waals surface area contributed by atoms with E-state index in [1.54, 1.807) is 7.11 Å². The first-order valence-electron chi connectivity index (χ1n) is 7.84. The second-order valence-electron chi connectivity index (χ2n) is 5.86. The molecule has 0 bridgehead atoms. The molecule has 1 atom stereocenters. The SMILES string of the molecule is COc1[c]cc(N2CCC[C@@H](N)C2)c(N2CCNCC2)c1. The van der Waals surface area contributed by atoms with E-state index < -0.39 is 0 Å². The van der Waals surface area contributed by atoms with Crippen molar-refractivity contribution in [2.45, 2.75) is 18.9 Å². The Morgan fingerprint density at radius 3 is 2.76 bits per heavy atom. The molecule has 0 amide bonds. The van der Waals surface area contributed by atoms with Crippen LogP contribution >= 0.6 is 0 Å². The van der Waals surface area contributed by atoms with Gasteiger partial charge in [0.2, 0.25) is 0 Å². The average Bonchev–Trinajstić information content (AvgIpc) is 2.55. The van der Waals surface area contributed by atoms with Gasteiger partial charge in [-0.2, -0.15) is 0 Å². The van der Waals surface area contributed by atoms with E-state index in [1.807, 2.05) is 0 Å². The highest BCUT2D eigenvalue weighted by Gasteiger charge is 2.22. The molecule has 3 rings (SSSR count). The van der Waals surface area contributed by atoms with Crippen LogP contribution in [-0.2, 0) is 0 Å². The summed E-state index contributed by atoms with van der Waals surface area (Å²) in [7, 11) is 1.70. The molecule has 115 valence electrons. The van der Waals surface area contributed by atoms with Gasteiger partial charge in [0.15, 0.2) is 0 Å². The van der Waals surface area contributed by atoms with Gasteiger partial charge in [-0.25, -0.2) is 0 Å². The van der Waals surface area contributed by atoms with Gasteiger partial charge in [0.25, 0.3) is 0 Å². The van der Waals surface area contributed by atoms with Crippen molar-refractivity contribution in [2.75, 3.05) is 56.2 Å². The van der Waals surface area contributed by atoms with Crippen molar-refractivity contribution in [2.24, 2.45) is 5.73 Å². The third-order valence-corrected chi connectivity index (χ3v) is 4.36. The Kier molecular flexibility index (Phi) is 4.51. The minimum atomic E-state index is 0.275. The van der Waals surface area contributed by atoms with Gasteiger partial charge in [-0.15, -0.1) is 0 Å². The molecule has 21 heavy (non-hydrogen) atoms. The predicted molar refractivity (Wildman–Crippen MR) is 86.3 cm³/mol. The molecule has 1 aromatic carbocycles. The summed E-state index contributed by atoms with van der Waals surface area (Å²) in [6.07, 6.45) is 2.29. The van der Waals surface area contributed by atoms with Crippen molar-refractivity contribution >= 4 is 11.4 Å². The molecule has 0 aromatic heterocycles. The number of nitrogens with zero attached hydrogens (tertiary/aromatic N) is 2. The smallest absolute Gasteiger partial charge is 0.129 e. The van der Waals surface area contributed by atoms with E-state index in [9.17, 15) is 0 Å². The minimum Gasteiger partial charge on any atom is -0.496 e. The summed E-state index contributed by atoms with van der Waals surface area (Å²) in [4.78, 5) is 4.84. The molecule has 5 heteroatoms. The topological polar surface area (TPSA) is 53.8 Å². The van der Waals surface area contributed by atoms with Crippen LogP contribution < -0.4 is 25.6 Å². The molecule has 3 N–H and O–H groups in total. The van der Waals surface area contributed by atoms with Crippen LogP contribution in [0.1, 0.15) is 12.8 Å². The van der Waals surface area contributed by atoms with Crippen molar-refractivity contribution in [3.63, 3.8) is 0 Å². The van der Waals surface area contributed by atoms with Crippen LogP contribution in [0.3, 0.4) is 0 Å². The fraction of sp³-hybridized carbons (Fsp3) is 0.625. The standard InChI is InChI=1S/C16H25N4O/c1-21-14-4-5-15(20-8-2-3-13(17)12-20)16(11-14)19-9-6-18-7-10-19/h5,11,13,18H,2-3,6-10,12,17H2,1H3/t13-/m1/s1. The van der Waals surface area contributed by atoms with Crippen molar-refractivity contribution < 1.29 is 4.74 Å². The Morgan fingerprint density at radius 1 is 1.24 bits per heavy atom. The molecule has 5 nitrogen and oxygen atoms in total. The van der Waals surface area contributed by atoms with Crippen LogP contribution in [0.25, 0.3) is 0 Å². The molecule has 2 fully saturated rings. The van der Waals surface area contributed by atoms with Crippen LogP contribution in [0.2, 0.25) is 0 Å². The van der Waals surface area contributed by atoms with E-state index in [2.05, 4.69) is 33.3 Å². The van der Waals surface area contributed by atoms with Crippen LogP contribution in [0, 0.1) is 6.07 Å². The highest BCUT2D eigenvalue weighted by molar-refractivity contribution is 5.73. The number of hydrogen-bond donors (Lipinski definition) is 2. The van der Waals surface area contributed by atoms with Crippen molar-refractivity contribution in [1.82, 2.24) is 5.32 Å². The summed E-state index contributed by atoms with van der Waals surface area (Å²) in [5, 5.41) is 3.40. The third-order valence-electron chi connectivity index (χ3n) is 4.36. The summed E-state index contributed by atoms with van der Waals surface area (Å²) in [6.45, 7) is 6.12. The second-order valence-corrected chi connectivity index (χ2v) is 5.86.